The molecule has 27 heavy (non-hydrogen) atoms. The fraction of sp³-hybridized carbons (Fsp3) is 0.238. The van der Waals surface area contributed by atoms with Crippen molar-refractivity contribution in [3.8, 4) is 11.5 Å². The Bertz CT molecular complexity index is 936. The Balaban J connectivity index is 1.49. The normalized spacial score (nSPS) is 17.4. The Morgan fingerprint density at radius 1 is 1.04 bits per heavy atom. The summed E-state index contributed by atoms with van der Waals surface area (Å²) in [7, 11) is 0. The Hall–Kier alpha value is -2.79. The SMILES string of the molecule is O=C1OC(CCc2ccccc2Cl)=N/C1=C/c1ccc2c(c1)OCCCO2. The van der Waals surface area contributed by atoms with Crippen molar-refractivity contribution in [3.63, 3.8) is 0 Å². The fourth-order valence-corrected chi connectivity index (χ4v) is 3.16. The third-order valence-corrected chi connectivity index (χ3v) is 4.67. The molecular formula is C21H18ClNO4. The van der Waals surface area contributed by atoms with Crippen LogP contribution >= 0.6 is 11.6 Å². The van der Waals surface area contributed by atoms with Crippen molar-refractivity contribution in [2.24, 2.45) is 4.99 Å². The lowest BCUT2D eigenvalue weighted by Crippen LogP contribution is -2.05. The number of aryl methyl sites for hydroxylation is 1. The largest absolute Gasteiger partial charge is 0.490 e. The van der Waals surface area contributed by atoms with E-state index in [1.165, 1.54) is 0 Å². The van der Waals surface area contributed by atoms with Gasteiger partial charge in [0, 0.05) is 17.9 Å². The second-order valence-corrected chi connectivity index (χ2v) is 6.68. The summed E-state index contributed by atoms with van der Waals surface area (Å²) in [5.74, 6) is 1.35. The summed E-state index contributed by atoms with van der Waals surface area (Å²) in [5, 5.41) is 0.699. The summed E-state index contributed by atoms with van der Waals surface area (Å²) in [4.78, 5) is 16.5. The highest BCUT2D eigenvalue weighted by molar-refractivity contribution is 6.31. The highest BCUT2D eigenvalue weighted by Crippen LogP contribution is 2.31. The summed E-state index contributed by atoms with van der Waals surface area (Å²) in [6.07, 6.45) is 3.70. The van der Waals surface area contributed by atoms with Gasteiger partial charge in [0.25, 0.3) is 0 Å². The first-order chi connectivity index (χ1) is 13.2. The maximum Gasteiger partial charge on any atom is 0.363 e. The van der Waals surface area contributed by atoms with E-state index in [9.17, 15) is 4.79 Å². The van der Waals surface area contributed by atoms with E-state index in [-0.39, 0.29) is 5.70 Å². The highest BCUT2D eigenvalue weighted by Gasteiger charge is 2.23. The Kier molecular flexibility index (Phi) is 5.12. The van der Waals surface area contributed by atoms with Gasteiger partial charge in [-0.05, 0) is 41.8 Å². The van der Waals surface area contributed by atoms with Crippen LogP contribution in [-0.4, -0.2) is 25.1 Å². The molecule has 2 heterocycles. The van der Waals surface area contributed by atoms with Gasteiger partial charge in [-0.1, -0.05) is 35.9 Å². The van der Waals surface area contributed by atoms with Crippen molar-refractivity contribution < 1.29 is 19.0 Å². The van der Waals surface area contributed by atoms with Crippen LogP contribution in [0.5, 0.6) is 11.5 Å². The molecule has 5 nitrogen and oxygen atoms in total. The molecule has 0 spiro atoms. The molecule has 138 valence electrons. The summed E-state index contributed by atoms with van der Waals surface area (Å²) in [6.45, 7) is 1.25. The Morgan fingerprint density at radius 2 is 1.85 bits per heavy atom. The molecule has 0 saturated heterocycles. The lowest BCUT2D eigenvalue weighted by atomic mass is 10.1. The molecule has 0 fully saturated rings. The minimum Gasteiger partial charge on any atom is -0.490 e. The first kappa shape index (κ1) is 17.6. The van der Waals surface area contributed by atoms with E-state index in [1.54, 1.807) is 6.08 Å². The molecule has 2 aliphatic heterocycles. The van der Waals surface area contributed by atoms with Crippen molar-refractivity contribution in [3.05, 3.63) is 64.3 Å². The Labute approximate surface area is 162 Å². The van der Waals surface area contributed by atoms with E-state index in [0.29, 0.717) is 48.5 Å². The number of carbonyl (C=O) groups excluding carboxylic acids is 1. The molecule has 0 aromatic heterocycles. The molecule has 0 amide bonds. The van der Waals surface area contributed by atoms with E-state index in [2.05, 4.69) is 4.99 Å². The number of halogens is 1. The quantitative estimate of drug-likeness (QED) is 0.579. The number of benzene rings is 2. The van der Waals surface area contributed by atoms with Crippen LogP contribution in [0.25, 0.3) is 6.08 Å². The van der Waals surface area contributed by atoms with E-state index in [4.69, 9.17) is 25.8 Å². The number of ether oxygens (including phenoxy) is 3. The standard InChI is InChI=1S/C21H18ClNO4/c22-16-5-2-1-4-15(16)7-9-20-23-17(21(24)27-20)12-14-6-8-18-19(13-14)26-11-3-10-25-18/h1-2,4-6,8,12-13H,3,7,9-11H2/b17-12+. The number of rotatable bonds is 4. The second kappa shape index (κ2) is 7.84. The second-order valence-electron chi connectivity index (χ2n) is 6.27. The van der Waals surface area contributed by atoms with Gasteiger partial charge in [0.2, 0.25) is 0 Å². The van der Waals surface area contributed by atoms with Gasteiger partial charge in [0.15, 0.2) is 23.1 Å². The number of esters is 1. The van der Waals surface area contributed by atoms with E-state index in [0.717, 1.165) is 17.5 Å². The molecular weight excluding hydrogens is 366 g/mol. The first-order valence-corrected chi connectivity index (χ1v) is 9.21. The van der Waals surface area contributed by atoms with Crippen molar-refractivity contribution in [2.75, 3.05) is 13.2 Å². The van der Waals surface area contributed by atoms with Gasteiger partial charge in [0.1, 0.15) is 0 Å². The van der Waals surface area contributed by atoms with E-state index >= 15 is 0 Å². The molecule has 0 aliphatic carbocycles. The maximum atomic E-state index is 12.1. The van der Waals surface area contributed by atoms with Gasteiger partial charge >= 0.3 is 5.97 Å². The zero-order chi connectivity index (χ0) is 18.6. The zero-order valence-corrected chi connectivity index (χ0v) is 15.4. The highest BCUT2D eigenvalue weighted by atomic mass is 35.5. The summed E-state index contributed by atoms with van der Waals surface area (Å²) in [5.41, 5.74) is 2.08. The molecule has 2 aromatic rings. The number of fused-ring (bicyclic) bond motifs is 1. The molecule has 0 saturated carbocycles. The molecule has 4 rings (SSSR count). The van der Waals surface area contributed by atoms with Crippen LogP contribution in [0.15, 0.2) is 53.2 Å². The minimum absolute atomic E-state index is 0.277. The third-order valence-electron chi connectivity index (χ3n) is 4.31. The van der Waals surface area contributed by atoms with Crippen molar-refractivity contribution in [1.29, 1.82) is 0 Å². The number of aliphatic imine (C=N–C) groups is 1. The first-order valence-electron chi connectivity index (χ1n) is 8.83. The van der Waals surface area contributed by atoms with Crippen LogP contribution in [0.1, 0.15) is 24.0 Å². The lowest BCUT2D eigenvalue weighted by Gasteiger charge is -2.07. The minimum atomic E-state index is -0.448. The molecule has 2 aliphatic rings. The van der Waals surface area contributed by atoms with Crippen LogP contribution < -0.4 is 9.47 Å². The van der Waals surface area contributed by atoms with Crippen molar-refractivity contribution in [1.82, 2.24) is 0 Å². The monoisotopic (exact) mass is 383 g/mol. The average Bonchev–Trinajstić information content (AvgIpc) is 2.87. The van der Waals surface area contributed by atoms with Gasteiger partial charge < -0.3 is 14.2 Å². The molecule has 0 atom stereocenters. The zero-order valence-electron chi connectivity index (χ0n) is 14.6. The third kappa shape index (κ3) is 4.14. The number of carbonyl (C=O) groups is 1. The molecule has 0 radical (unpaired) electrons. The van der Waals surface area contributed by atoms with E-state index < -0.39 is 5.97 Å². The summed E-state index contributed by atoms with van der Waals surface area (Å²) >= 11 is 6.16. The van der Waals surface area contributed by atoms with Gasteiger partial charge in [-0.15, -0.1) is 0 Å². The number of cyclic esters (lactones) is 1. The van der Waals surface area contributed by atoms with Crippen LogP contribution in [0.2, 0.25) is 5.02 Å². The van der Waals surface area contributed by atoms with Gasteiger partial charge in [0.05, 0.1) is 13.2 Å². The predicted octanol–water partition coefficient (Wildman–Crippen LogP) is 4.43. The van der Waals surface area contributed by atoms with Crippen LogP contribution in [0, 0.1) is 0 Å². The molecule has 0 bridgehead atoms. The number of nitrogens with zero attached hydrogens (tertiary/aromatic N) is 1. The van der Waals surface area contributed by atoms with Crippen molar-refractivity contribution in [2.45, 2.75) is 19.3 Å². The maximum absolute atomic E-state index is 12.1. The molecule has 2 aromatic carbocycles. The van der Waals surface area contributed by atoms with Crippen LogP contribution in [-0.2, 0) is 16.0 Å². The molecule has 0 N–H and O–H groups in total. The lowest BCUT2D eigenvalue weighted by molar-refractivity contribution is -0.130. The van der Waals surface area contributed by atoms with Gasteiger partial charge in [-0.25, -0.2) is 9.79 Å². The predicted molar refractivity (Wildman–Crippen MR) is 103 cm³/mol. The number of hydrogen-bond acceptors (Lipinski definition) is 5. The molecule has 6 heteroatoms. The van der Waals surface area contributed by atoms with Crippen LogP contribution in [0.3, 0.4) is 0 Å². The van der Waals surface area contributed by atoms with Crippen molar-refractivity contribution >= 4 is 29.5 Å². The summed E-state index contributed by atoms with van der Waals surface area (Å²) < 4.78 is 16.6. The average molecular weight is 384 g/mol. The smallest absolute Gasteiger partial charge is 0.363 e. The van der Waals surface area contributed by atoms with Gasteiger partial charge in [-0.3, -0.25) is 0 Å². The fourth-order valence-electron chi connectivity index (χ4n) is 2.93. The number of hydrogen-bond donors (Lipinski definition) is 0. The topological polar surface area (TPSA) is 57.1 Å². The Morgan fingerprint density at radius 3 is 2.70 bits per heavy atom. The van der Waals surface area contributed by atoms with E-state index in [1.807, 2.05) is 42.5 Å². The molecule has 0 unspecified atom stereocenters. The van der Waals surface area contributed by atoms with Crippen LogP contribution in [0.4, 0.5) is 0 Å². The summed E-state index contributed by atoms with van der Waals surface area (Å²) in [6, 6.07) is 13.2. The van der Waals surface area contributed by atoms with Gasteiger partial charge in [-0.2, -0.15) is 0 Å².